The highest BCUT2D eigenvalue weighted by atomic mass is 19.3. The van der Waals surface area contributed by atoms with E-state index in [1.807, 2.05) is 24.3 Å². The molecule has 20 heavy (non-hydrogen) atoms. The van der Waals surface area contributed by atoms with Crippen LogP contribution in [0.2, 0.25) is 0 Å². The van der Waals surface area contributed by atoms with E-state index in [9.17, 15) is 13.9 Å². The highest BCUT2D eigenvalue weighted by molar-refractivity contribution is 5.35. The Morgan fingerprint density at radius 3 is 1.90 bits per heavy atom. The van der Waals surface area contributed by atoms with Crippen LogP contribution in [0.15, 0.2) is 48.5 Å². The van der Waals surface area contributed by atoms with Crippen LogP contribution in [0.3, 0.4) is 0 Å². The largest absolute Gasteiger partial charge is 0.435 e. The Hall–Kier alpha value is -1.94. The first-order valence-electron chi connectivity index (χ1n) is 6.42. The Balaban J connectivity index is 2.13. The van der Waals surface area contributed by atoms with Crippen LogP contribution in [0.5, 0.6) is 5.75 Å². The van der Waals surface area contributed by atoms with Crippen LogP contribution in [0.4, 0.5) is 8.78 Å². The zero-order valence-electron chi connectivity index (χ0n) is 11.1. The molecule has 106 valence electrons. The molecular formula is C16H16F2O2. The second kappa shape index (κ2) is 6.48. The predicted octanol–water partition coefficient (Wildman–Crippen LogP) is 3.93. The van der Waals surface area contributed by atoms with Gasteiger partial charge in [-0.25, -0.2) is 0 Å². The Labute approximate surface area is 116 Å². The van der Waals surface area contributed by atoms with Gasteiger partial charge in [-0.05, 0) is 35.2 Å². The van der Waals surface area contributed by atoms with E-state index in [1.54, 1.807) is 12.1 Å². The lowest BCUT2D eigenvalue weighted by Crippen LogP contribution is -2.03. The zero-order chi connectivity index (χ0) is 14.5. The molecule has 0 fully saturated rings. The average molecular weight is 278 g/mol. The molecule has 0 radical (unpaired) electrons. The van der Waals surface area contributed by atoms with Crippen molar-refractivity contribution in [2.24, 2.45) is 0 Å². The summed E-state index contributed by atoms with van der Waals surface area (Å²) in [5.41, 5.74) is 2.60. The predicted molar refractivity (Wildman–Crippen MR) is 73.0 cm³/mol. The van der Waals surface area contributed by atoms with Crippen molar-refractivity contribution in [1.29, 1.82) is 0 Å². The normalized spacial score (nSPS) is 12.4. The van der Waals surface area contributed by atoms with Gasteiger partial charge in [0.25, 0.3) is 0 Å². The molecule has 2 aromatic carbocycles. The van der Waals surface area contributed by atoms with Crippen molar-refractivity contribution in [3.8, 4) is 5.75 Å². The highest BCUT2D eigenvalue weighted by Gasteiger charge is 2.11. The molecule has 2 nitrogen and oxygen atoms in total. The summed E-state index contributed by atoms with van der Waals surface area (Å²) in [5.74, 6) is 0.0808. The van der Waals surface area contributed by atoms with Gasteiger partial charge in [0.1, 0.15) is 11.9 Å². The maximum absolute atomic E-state index is 12.0. The van der Waals surface area contributed by atoms with Crippen LogP contribution < -0.4 is 4.74 Å². The number of aryl methyl sites for hydroxylation is 1. The molecule has 0 aromatic heterocycles. The van der Waals surface area contributed by atoms with Crippen LogP contribution in [-0.4, -0.2) is 11.7 Å². The van der Waals surface area contributed by atoms with Gasteiger partial charge >= 0.3 is 6.61 Å². The van der Waals surface area contributed by atoms with E-state index in [4.69, 9.17) is 0 Å². The first-order chi connectivity index (χ1) is 9.60. The Kier molecular flexibility index (Phi) is 4.69. The minimum Gasteiger partial charge on any atom is -0.435 e. The fraction of sp³-hybridized carbons (Fsp3) is 0.250. The lowest BCUT2D eigenvalue weighted by atomic mass is 10.00. The SMILES string of the molecule is CCc1ccc(C(O)c2ccc(OC(F)F)cc2)cc1. The first kappa shape index (κ1) is 14.5. The van der Waals surface area contributed by atoms with Gasteiger partial charge in [-0.3, -0.25) is 0 Å². The van der Waals surface area contributed by atoms with Crippen molar-refractivity contribution in [2.75, 3.05) is 0 Å². The van der Waals surface area contributed by atoms with Crippen molar-refractivity contribution in [3.05, 3.63) is 65.2 Å². The lowest BCUT2D eigenvalue weighted by Gasteiger charge is -2.13. The van der Waals surface area contributed by atoms with Gasteiger partial charge in [0, 0.05) is 0 Å². The summed E-state index contributed by atoms with van der Waals surface area (Å²) >= 11 is 0. The van der Waals surface area contributed by atoms with Crippen molar-refractivity contribution >= 4 is 0 Å². The molecule has 4 heteroatoms. The first-order valence-corrected chi connectivity index (χ1v) is 6.42. The van der Waals surface area contributed by atoms with Gasteiger partial charge in [0.05, 0.1) is 0 Å². The van der Waals surface area contributed by atoms with E-state index in [2.05, 4.69) is 11.7 Å². The quantitative estimate of drug-likeness (QED) is 0.898. The van der Waals surface area contributed by atoms with Gasteiger partial charge in [-0.1, -0.05) is 43.3 Å². The second-order valence-electron chi connectivity index (χ2n) is 4.45. The van der Waals surface area contributed by atoms with Gasteiger partial charge in [0.15, 0.2) is 0 Å². The van der Waals surface area contributed by atoms with Crippen molar-refractivity contribution in [1.82, 2.24) is 0 Å². The zero-order valence-corrected chi connectivity index (χ0v) is 11.1. The summed E-state index contributed by atoms with van der Waals surface area (Å²) in [4.78, 5) is 0. The van der Waals surface area contributed by atoms with E-state index in [-0.39, 0.29) is 5.75 Å². The van der Waals surface area contributed by atoms with Crippen molar-refractivity contribution in [3.63, 3.8) is 0 Å². The molecule has 0 saturated heterocycles. The lowest BCUT2D eigenvalue weighted by molar-refractivity contribution is -0.0498. The van der Waals surface area contributed by atoms with Crippen LogP contribution in [0.1, 0.15) is 29.7 Å². The molecule has 0 aliphatic rings. The van der Waals surface area contributed by atoms with Crippen LogP contribution >= 0.6 is 0 Å². The van der Waals surface area contributed by atoms with E-state index in [1.165, 1.54) is 17.7 Å². The third kappa shape index (κ3) is 3.54. The molecular weight excluding hydrogens is 262 g/mol. The topological polar surface area (TPSA) is 29.5 Å². The molecule has 0 spiro atoms. The van der Waals surface area contributed by atoms with E-state index in [0.717, 1.165) is 12.0 Å². The number of aliphatic hydroxyl groups is 1. The number of benzene rings is 2. The third-order valence-corrected chi connectivity index (χ3v) is 3.12. The summed E-state index contributed by atoms with van der Waals surface area (Å²) < 4.78 is 28.4. The summed E-state index contributed by atoms with van der Waals surface area (Å²) in [6.07, 6.45) is 0.164. The van der Waals surface area contributed by atoms with E-state index in [0.29, 0.717) is 5.56 Å². The summed E-state index contributed by atoms with van der Waals surface area (Å²) in [7, 11) is 0. The van der Waals surface area contributed by atoms with Gasteiger partial charge in [-0.2, -0.15) is 8.78 Å². The fourth-order valence-corrected chi connectivity index (χ4v) is 1.96. The minimum atomic E-state index is -2.84. The van der Waals surface area contributed by atoms with E-state index >= 15 is 0 Å². The van der Waals surface area contributed by atoms with Crippen molar-refractivity contribution in [2.45, 2.75) is 26.1 Å². The average Bonchev–Trinajstić information content (AvgIpc) is 2.47. The fourth-order valence-electron chi connectivity index (χ4n) is 1.96. The molecule has 0 amide bonds. The minimum absolute atomic E-state index is 0.0808. The number of alkyl halides is 2. The highest BCUT2D eigenvalue weighted by Crippen LogP contribution is 2.24. The van der Waals surface area contributed by atoms with Gasteiger partial charge < -0.3 is 9.84 Å². The summed E-state index contributed by atoms with van der Waals surface area (Å²) in [6.45, 7) is -0.778. The number of ether oxygens (including phenoxy) is 1. The second-order valence-corrected chi connectivity index (χ2v) is 4.45. The maximum Gasteiger partial charge on any atom is 0.387 e. The summed E-state index contributed by atoms with van der Waals surface area (Å²) in [6, 6.07) is 13.7. The monoisotopic (exact) mass is 278 g/mol. The maximum atomic E-state index is 12.0. The van der Waals surface area contributed by atoms with Gasteiger partial charge in [0.2, 0.25) is 0 Å². The molecule has 2 aromatic rings. The Morgan fingerprint density at radius 2 is 1.45 bits per heavy atom. The molecule has 2 rings (SSSR count). The molecule has 0 saturated carbocycles. The van der Waals surface area contributed by atoms with Crippen LogP contribution in [-0.2, 0) is 6.42 Å². The molecule has 0 aliphatic heterocycles. The van der Waals surface area contributed by atoms with Crippen LogP contribution in [0, 0.1) is 0 Å². The molecule has 0 bridgehead atoms. The number of rotatable bonds is 5. The van der Waals surface area contributed by atoms with Crippen LogP contribution in [0.25, 0.3) is 0 Å². The molecule has 0 aliphatic carbocycles. The number of hydrogen-bond acceptors (Lipinski definition) is 2. The molecule has 0 heterocycles. The Morgan fingerprint density at radius 1 is 0.950 bits per heavy atom. The van der Waals surface area contributed by atoms with Crippen molar-refractivity contribution < 1.29 is 18.6 Å². The van der Waals surface area contributed by atoms with Gasteiger partial charge in [-0.15, -0.1) is 0 Å². The Bertz CT molecular complexity index is 535. The smallest absolute Gasteiger partial charge is 0.387 e. The molecule has 1 N–H and O–H groups in total. The summed E-state index contributed by atoms with van der Waals surface area (Å²) in [5, 5.41) is 10.2. The standard InChI is InChI=1S/C16H16F2O2/c1-2-11-3-5-12(6-4-11)15(19)13-7-9-14(10-8-13)20-16(17)18/h3-10,15-16,19H,2H2,1H3. The molecule has 1 unspecified atom stereocenters. The van der Waals surface area contributed by atoms with E-state index < -0.39 is 12.7 Å². The number of aliphatic hydroxyl groups excluding tert-OH is 1. The molecule has 1 atom stereocenters. The number of halogens is 2. The third-order valence-electron chi connectivity index (χ3n) is 3.12. The number of hydrogen-bond donors (Lipinski definition) is 1.